The molecule has 4 heteroatoms. The highest BCUT2D eigenvalue weighted by molar-refractivity contribution is 5.77. The largest absolute Gasteiger partial charge is 0.353 e. The van der Waals surface area contributed by atoms with Crippen molar-refractivity contribution in [2.75, 3.05) is 5.32 Å². The van der Waals surface area contributed by atoms with Gasteiger partial charge in [0.05, 0.1) is 11.0 Å². The molecule has 3 nitrogen and oxygen atoms in total. The molecule has 0 radical (unpaired) electrons. The first-order valence-corrected chi connectivity index (χ1v) is 7.03. The Labute approximate surface area is 112 Å². The van der Waals surface area contributed by atoms with Gasteiger partial charge in [-0.1, -0.05) is 13.8 Å². The van der Waals surface area contributed by atoms with Gasteiger partial charge in [0.2, 0.25) is 5.95 Å². The summed E-state index contributed by atoms with van der Waals surface area (Å²) < 4.78 is 13.1. The van der Waals surface area contributed by atoms with Crippen molar-refractivity contribution in [3.63, 3.8) is 0 Å². The number of H-pyrrole nitrogens is 1. The Bertz CT molecular complexity index is 578. The maximum Gasteiger partial charge on any atom is 0.201 e. The third-order valence-electron chi connectivity index (χ3n) is 4.38. The Morgan fingerprint density at radius 1 is 1.26 bits per heavy atom. The summed E-state index contributed by atoms with van der Waals surface area (Å²) >= 11 is 0. The van der Waals surface area contributed by atoms with E-state index in [0.717, 1.165) is 28.8 Å². The number of benzene rings is 1. The summed E-state index contributed by atoms with van der Waals surface area (Å²) in [6, 6.07) is 5.10. The molecule has 3 atom stereocenters. The maximum absolute atomic E-state index is 13.1. The van der Waals surface area contributed by atoms with Crippen LogP contribution in [-0.2, 0) is 0 Å². The highest BCUT2D eigenvalue weighted by atomic mass is 19.1. The first kappa shape index (κ1) is 12.5. The number of aromatic amines is 1. The molecular formula is C15H20FN3. The topological polar surface area (TPSA) is 40.7 Å². The molecule has 0 spiro atoms. The van der Waals surface area contributed by atoms with Gasteiger partial charge in [-0.25, -0.2) is 9.37 Å². The summed E-state index contributed by atoms with van der Waals surface area (Å²) in [5.41, 5.74) is 1.56. The smallest absolute Gasteiger partial charge is 0.201 e. The van der Waals surface area contributed by atoms with E-state index in [1.807, 2.05) is 0 Å². The minimum Gasteiger partial charge on any atom is -0.353 e. The summed E-state index contributed by atoms with van der Waals surface area (Å²) in [7, 11) is 0. The standard InChI is InChI=1S/C15H20FN3/c1-9-3-5-12(7-10(9)2)17-15-18-13-6-4-11(16)8-14(13)19-15/h4,6,8-10,12H,3,5,7H2,1-2H3,(H2,17,18,19). The van der Waals surface area contributed by atoms with Crippen molar-refractivity contribution >= 4 is 17.0 Å². The average Bonchev–Trinajstić information content (AvgIpc) is 2.75. The molecule has 0 amide bonds. The van der Waals surface area contributed by atoms with Crippen LogP contribution in [0.3, 0.4) is 0 Å². The normalized spacial score (nSPS) is 27.6. The lowest BCUT2D eigenvalue weighted by atomic mass is 9.79. The van der Waals surface area contributed by atoms with Gasteiger partial charge in [-0.05, 0) is 49.3 Å². The Morgan fingerprint density at radius 3 is 2.89 bits per heavy atom. The lowest BCUT2D eigenvalue weighted by molar-refractivity contribution is 0.260. The molecule has 1 saturated carbocycles. The maximum atomic E-state index is 13.1. The molecule has 19 heavy (non-hydrogen) atoms. The van der Waals surface area contributed by atoms with Crippen LogP contribution in [-0.4, -0.2) is 16.0 Å². The second-order valence-corrected chi connectivity index (χ2v) is 5.86. The predicted octanol–water partition coefficient (Wildman–Crippen LogP) is 3.94. The second kappa shape index (κ2) is 4.83. The molecule has 3 rings (SSSR count). The van der Waals surface area contributed by atoms with E-state index in [2.05, 4.69) is 29.1 Å². The zero-order valence-corrected chi connectivity index (χ0v) is 11.4. The SMILES string of the molecule is CC1CCC(Nc2nc3ccc(F)cc3[nH]2)CC1C. The fourth-order valence-electron chi connectivity index (χ4n) is 2.92. The fraction of sp³-hybridized carbons (Fsp3) is 0.533. The number of aromatic nitrogens is 2. The minimum absolute atomic E-state index is 0.234. The number of anilines is 1. The lowest BCUT2D eigenvalue weighted by Crippen LogP contribution is -2.30. The zero-order valence-electron chi connectivity index (χ0n) is 11.4. The molecule has 1 aromatic heterocycles. The van der Waals surface area contributed by atoms with E-state index in [-0.39, 0.29) is 5.82 Å². The van der Waals surface area contributed by atoms with Gasteiger partial charge in [0.15, 0.2) is 0 Å². The van der Waals surface area contributed by atoms with Gasteiger partial charge in [-0.3, -0.25) is 0 Å². The Hall–Kier alpha value is -1.58. The first-order chi connectivity index (χ1) is 9.11. The van der Waals surface area contributed by atoms with Crippen LogP contribution in [0.15, 0.2) is 18.2 Å². The number of hydrogen-bond donors (Lipinski definition) is 2. The van der Waals surface area contributed by atoms with E-state index in [1.165, 1.54) is 31.4 Å². The lowest BCUT2D eigenvalue weighted by Gasteiger charge is -2.32. The van der Waals surface area contributed by atoms with E-state index in [0.29, 0.717) is 6.04 Å². The summed E-state index contributed by atoms with van der Waals surface area (Å²) in [5.74, 6) is 2.08. The summed E-state index contributed by atoms with van der Waals surface area (Å²) in [6.07, 6.45) is 3.61. The zero-order chi connectivity index (χ0) is 13.4. The molecule has 1 fully saturated rings. The molecule has 0 aliphatic heterocycles. The van der Waals surface area contributed by atoms with Crippen LogP contribution < -0.4 is 5.32 Å². The van der Waals surface area contributed by atoms with Crippen LogP contribution in [0.1, 0.15) is 33.1 Å². The molecule has 1 heterocycles. The van der Waals surface area contributed by atoms with Gasteiger partial charge in [0.1, 0.15) is 5.82 Å². The van der Waals surface area contributed by atoms with E-state index >= 15 is 0 Å². The van der Waals surface area contributed by atoms with Gasteiger partial charge in [-0.15, -0.1) is 0 Å². The highest BCUT2D eigenvalue weighted by Crippen LogP contribution is 2.30. The van der Waals surface area contributed by atoms with Crippen LogP contribution in [0.25, 0.3) is 11.0 Å². The molecule has 2 N–H and O–H groups in total. The number of nitrogens with one attached hydrogen (secondary N) is 2. The predicted molar refractivity (Wildman–Crippen MR) is 75.6 cm³/mol. The quantitative estimate of drug-likeness (QED) is 0.859. The third kappa shape index (κ3) is 2.57. The van der Waals surface area contributed by atoms with Crippen LogP contribution in [0.5, 0.6) is 0 Å². The molecule has 1 aliphatic carbocycles. The first-order valence-electron chi connectivity index (χ1n) is 7.03. The number of imidazole rings is 1. The summed E-state index contributed by atoms with van der Waals surface area (Å²) in [5, 5.41) is 3.45. The number of fused-ring (bicyclic) bond motifs is 1. The van der Waals surface area contributed by atoms with E-state index in [9.17, 15) is 4.39 Å². The second-order valence-electron chi connectivity index (χ2n) is 5.86. The van der Waals surface area contributed by atoms with Crippen molar-refractivity contribution < 1.29 is 4.39 Å². The molecule has 1 aliphatic rings. The highest BCUT2D eigenvalue weighted by Gasteiger charge is 2.24. The number of rotatable bonds is 2. The molecule has 2 aromatic rings. The minimum atomic E-state index is -0.234. The van der Waals surface area contributed by atoms with Crippen LogP contribution >= 0.6 is 0 Å². The third-order valence-corrected chi connectivity index (χ3v) is 4.38. The van der Waals surface area contributed by atoms with E-state index in [1.54, 1.807) is 6.07 Å². The number of nitrogens with zero attached hydrogens (tertiary/aromatic N) is 1. The Balaban J connectivity index is 1.74. The summed E-state index contributed by atoms with van der Waals surface area (Å²) in [6.45, 7) is 4.64. The van der Waals surface area contributed by atoms with Gasteiger partial charge in [-0.2, -0.15) is 0 Å². The van der Waals surface area contributed by atoms with Crippen LogP contribution in [0.4, 0.5) is 10.3 Å². The van der Waals surface area contributed by atoms with E-state index in [4.69, 9.17) is 0 Å². The van der Waals surface area contributed by atoms with Gasteiger partial charge in [0, 0.05) is 6.04 Å². The Morgan fingerprint density at radius 2 is 2.11 bits per heavy atom. The van der Waals surface area contributed by atoms with Crippen molar-refractivity contribution in [2.24, 2.45) is 11.8 Å². The molecule has 0 saturated heterocycles. The fourth-order valence-corrected chi connectivity index (χ4v) is 2.92. The molecule has 102 valence electrons. The molecule has 0 bridgehead atoms. The van der Waals surface area contributed by atoms with Crippen LogP contribution in [0, 0.1) is 17.7 Å². The molecule has 3 unspecified atom stereocenters. The van der Waals surface area contributed by atoms with Crippen molar-refractivity contribution in [1.29, 1.82) is 0 Å². The van der Waals surface area contributed by atoms with Crippen molar-refractivity contribution in [2.45, 2.75) is 39.2 Å². The monoisotopic (exact) mass is 261 g/mol. The van der Waals surface area contributed by atoms with Gasteiger partial charge in [0.25, 0.3) is 0 Å². The van der Waals surface area contributed by atoms with Crippen molar-refractivity contribution in [3.8, 4) is 0 Å². The Kier molecular flexibility index (Phi) is 3.17. The van der Waals surface area contributed by atoms with Gasteiger partial charge < -0.3 is 10.3 Å². The molecule has 1 aromatic carbocycles. The van der Waals surface area contributed by atoms with Crippen molar-refractivity contribution in [1.82, 2.24) is 9.97 Å². The van der Waals surface area contributed by atoms with Gasteiger partial charge >= 0.3 is 0 Å². The van der Waals surface area contributed by atoms with E-state index < -0.39 is 0 Å². The number of hydrogen-bond acceptors (Lipinski definition) is 2. The molecular weight excluding hydrogens is 241 g/mol. The van der Waals surface area contributed by atoms with Crippen LogP contribution in [0.2, 0.25) is 0 Å². The average molecular weight is 261 g/mol. The van der Waals surface area contributed by atoms with Crippen molar-refractivity contribution in [3.05, 3.63) is 24.0 Å². The number of halogens is 1. The summed E-state index contributed by atoms with van der Waals surface area (Å²) in [4.78, 5) is 7.61.